The summed E-state index contributed by atoms with van der Waals surface area (Å²) in [6, 6.07) is 26.3. The van der Waals surface area contributed by atoms with Gasteiger partial charge in [0.05, 0.1) is 14.2 Å². The molecule has 0 bridgehead atoms. The summed E-state index contributed by atoms with van der Waals surface area (Å²) in [4.78, 5) is 13.9. The molecule has 4 aromatic carbocycles. The molecule has 0 fully saturated rings. The van der Waals surface area contributed by atoms with Crippen LogP contribution in [-0.2, 0) is 12.8 Å². The minimum atomic E-state index is -0.0746. The molecule has 0 aromatic heterocycles. The maximum atomic E-state index is 13.9. The van der Waals surface area contributed by atoms with Crippen molar-refractivity contribution in [2.75, 3.05) is 14.2 Å². The van der Waals surface area contributed by atoms with Gasteiger partial charge in [0, 0.05) is 21.2 Å². The van der Waals surface area contributed by atoms with Crippen LogP contribution in [0, 0.1) is 0 Å². The molecule has 0 spiro atoms. The van der Waals surface area contributed by atoms with E-state index in [1.165, 1.54) is 0 Å². The Labute approximate surface area is 209 Å². The lowest BCUT2D eigenvalue weighted by Crippen LogP contribution is -2.10. The summed E-state index contributed by atoms with van der Waals surface area (Å²) in [5, 5.41) is 1.32. The highest BCUT2D eigenvalue weighted by Gasteiger charge is 2.20. The molecular weight excluding hydrogens is 467 g/mol. The molecule has 0 aliphatic carbocycles. The zero-order valence-electron chi connectivity index (χ0n) is 19.0. The number of hydrogen-bond donors (Lipinski definition) is 0. The number of ketones is 1. The first-order valence-electron chi connectivity index (χ1n) is 10.9. The van der Waals surface area contributed by atoms with Crippen LogP contribution in [0.3, 0.4) is 0 Å². The molecule has 0 saturated carbocycles. The Bertz CT molecular complexity index is 1230. The standard InChI is InChI=1S/C29H24Cl2O3/c1-33-23-11-13-25(21(17-23)15-19-7-3-5-9-27(19)30)29(32)26-14-12-24(34-2)18-22(26)16-20-8-4-6-10-28(20)31/h3-14,17-18H,15-16H2,1-2H3. The summed E-state index contributed by atoms with van der Waals surface area (Å²) in [5.74, 6) is 1.30. The van der Waals surface area contributed by atoms with Crippen LogP contribution in [0.15, 0.2) is 84.9 Å². The Morgan fingerprint density at radius 3 is 1.41 bits per heavy atom. The summed E-state index contributed by atoms with van der Waals surface area (Å²) < 4.78 is 10.9. The second-order valence-corrected chi connectivity index (χ2v) is 8.73. The monoisotopic (exact) mass is 490 g/mol. The molecule has 34 heavy (non-hydrogen) atoms. The molecule has 0 N–H and O–H groups in total. The van der Waals surface area contributed by atoms with Crippen molar-refractivity contribution in [3.8, 4) is 11.5 Å². The van der Waals surface area contributed by atoms with Gasteiger partial charge in [0.15, 0.2) is 5.78 Å². The molecule has 0 radical (unpaired) electrons. The average Bonchev–Trinajstić information content (AvgIpc) is 2.86. The number of methoxy groups -OCH3 is 2. The molecule has 0 unspecified atom stereocenters. The smallest absolute Gasteiger partial charge is 0.193 e. The lowest BCUT2D eigenvalue weighted by atomic mass is 9.90. The van der Waals surface area contributed by atoms with E-state index < -0.39 is 0 Å². The average molecular weight is 491 g/mol. The van der Waals surface area contributed by atoms with Crippen molar-refractivity contribution in [2.45, 2.75) is 12.8 Å². The Morgan fingerprint density at radius 1 is 0.618 bits per heavy atom. The van der Waals surface area contributed by atoms with Crippen molar-refractivity contribution in [3.63, 3.8) is 0 Å². The van der Waals surface area contributed by atoms with Gasteiger partial charge < -0.3 is 9.47 Å². The van der Waals surface area contributed by atoms with Gasteiger partial charge in [0.2, 0.25) is 0 Å². The molecule has 4 aromatic rings. The summed E-state index contributed by atoms with van der Waals surface area (Å²) in [7, 11) is 3.22. The lowest BCUT2D eigenvalue weighted by molar-refractivity contribution is 0.103. The minimum absolute atomic E-state index is 0.0746. The van der Waals surface area contributed by atoms with Crippen molar-refractivity contribution < 1.29 is 14.3 Å². The lowest BCUT2D eigenvalue weighted by Gasteiger charge is -2.15. The summed E-state index contributed by atoms with van der Waals surface area (Å²) in [6.45, 7) is 0. The van der Waals surface area contributed by atoms with Gasteiger partial charge >= 0.3 is 0 Å². The number of ether oxygens (including phenoxy) is 2. The molecule has 0 aliphatic rings. The van der Waals surface area contributed by atoms with E-state index in [0.717, 1.165) is 22.3 Å². The normalized spacial score (nSPS) is 10.7. The fourth-order valence-corrected chi connectivity index (χ4v) is 4.37. The first kappa shape index (κ1) is 23.9. The summed E-state index contributed by atoms with van der Waals surface area (Å²) in [6.07, 6.45) is 1.02. The van der Waals surface area contributed by atoms with Crippen LogP contribution in [0.2, 0.25) is 10.0 Å². The third-order valence-electron chi connectivity index (χ3n) is 5.79. The van der Waals surface area contributed by atoms with Crippen LogP contribution in [0.4, 0.5) is 0 Å². The number of carbonyl (C=O) groups excluding carboxylic acids is 1. The first-order valence-corrected chi connectivity index (χ1v) is 11.6. The van der Waals surface area contributed by atoms with Gasteiger partial charge in [-0.3, -0.25) is 4.79 Å². The van der Waals surface area contributed by atoms with Crippen LogP contribution in [-0.4, -0.2) is 20.0 Å². The summed E-state index contributed by atoms with van der Waals surface area (Å²) in [5.41, 5.74) is 4.78. The molecule has 0 amide bonds. The van der Waals surface area contributed by atoms with Gasteiger partial charge in [-0.1, -0.05) is 59.6 Å². The number of carbonyl (C=O) groups is 1. The van der Waals surface area contributed by atoms with E-state index in [2.05, 4.69) is 0 Å². The van der Waals surface area contributed by atoms with Crippen LogP contribution < -0.4 is 9.47 Å². The molecule has 4 rings (SSSR count). The maximum Gasteiger partial charge on any atom is 0.193 e. The van der Waals surface area contributed by atoms with E-state index >= 15 is 0 Å². The third-order valence-corrected chi connectivity index (χ3v) is 6.53. The Morgan fingerprint density at radius 2 is 1.03 bits per heavy atom. The van der Waals surface area contributed by atoms with Crippen molar-refractivity contribution in [1.82, 2.24) is 0 Å². The van der Waals surface area contributed by atoms with Gasteiger partial charge in [-0.2, -0.15) is 0 Å². The largest absolute Gasteiger partial charge is 0.497 e. The molecular formula is C29H24Cl2O3. The molecule has 172 valence electrons. The van der Waals surface area contributed by atoms with Crippen LogP contribution in [0.5, 0.6) is 11.5 Å². The number of halogens is 2. The van der Waals surface area contributed by atoms with E-state index in [9.17, 15) is 4.79 Å². The fraction of sp³-hybridized carbons (Fsp3) is 0.138. The molecule has 0 atom stereocenters. The van der Waals surface area contributed by atoms with Crippen molar-refractivity contribution in [1.29, 1.82) is 0 Å². The maximum absolute atomic E-state index is 13.9. The van der Waals surface area contributed by atoms with E-state index in [1.54, 1.807) is 26.4 Å². The zero-order chi connectivity index (χ0) is 24.1. The highest BCUT2D eigenvalue weighted by atomic mass is 35.5. The van der Waals surface area contributed by atoms with Gasteiger partial charge in [-0.05, 0) is 83.6 Å². The predicted octanol–water partition coefficient (Wildman–Crippen LogP) is 7.42. The quantitative estimate of drug-likeness (QED) is 0.241. The van der Waals surface area contributed by atoms with Crippen molar-refractivity contribution in [2.24, 2.45) is 0 Å². The highest BCUT2D eigenvalue weighted by Crippen LogP contribution is 2.29. The fourth-order valence-electron chi connectivity index (χ4n) is 3.97. The third kappa shape index (κ3) is 5.27. The van der Waals surface area contributed by atoms with Gasteiger partial charge in [-0.25, -0.2) is 0 Å². The molecule has 3 nitrogen and oxygen atoms in total. The first-order chi connectivity index (χ1) is 16.5. The van der Waals surface area contributed by atoms with Crippen LogP contribution in [0.1, 0.15) is 38.2 Å². The molecule has 5 heteroatoms. The topological polar surface area (TPSA) is 35.5 Å². The highest BCUT2D eigenvalue weighted by molar-refractivity contribution is 6.31. The van der Waals surface area contributed by atoms with E-state index in [0.29, 0.717) is 45.5 Å². The minimum Gasteiger partial charge on any atom is -0.497 e. The number of benzene rings is 4. The number of hydrogen-bond acceptors (Lipinski definition) is 3. The zero-order valence-corrected chi connectivity index (χ0v) is 20.5. The van der Waals surface area contributed by atoms with Crippen LogP contribution in [0.25, 0.3) is 0 Å². The summed E-state index contributed by atoms with van der Waals surface area (Å²) >= 11 is 12.8. The number of rotatable bonds is 8. The molecule has 0 saturated heterocycles. The Balaban J connectivity index is 1.78. The Hall–Kier alpha value is -3.27. The van der Waals surface area contributed by atoms with E-state index in [-0.39, 0.29) is 5.78 Å². The second-order valence-electron chi connectivity index (χ2n) is 7.91. The Kier molecular flexibility index (Phi) is 7.56. The van der Waals surface area contributed by atoms with Crippen LogP contribution >= 0.6 is 23.2 Å². The van der Waals surface area contributed by atoms with E-state index in [4.69, 9.17) is 32.7 Å². The van der Waals surface area contributed by atoms with Gasteiger partial charge in [0.25, 0.3) is 0 Å². The van der Waals surface area contributed by atoms with Crippen molar-refractivity contribution >= 4 is 29.0 Å². The second kappa shape index (κ2) is 10.8. The molecule has 0 aliphatic heterocycles. The molecule has 0 heterocycles. The van der Waals surface area contributed by atoms with E-state index in [1.807, 2.05) is 72.8 Å². The van der Waals surface area contributed by atoms with Gasteiger partial charge in [-0.15, -0.1) is 0 Å². The predicted molar refractivity (Wildman–Crippen MR) is 138 cm³/mol. The SMILES string of the molecule is COc1ccc(C(=O)c2ccc(OC)cc2Cc2ccccc2Cl)c(Cc2ccccc2Cl)c1. The van der Waals surface area contributed by atoms with Crippen molar-refractivity contribution in [3.05, 3.63) is 128 Å². The van der Waals surface area contributed by atoms with Gasteiger partial charge in [0.1, 0.15) is 11.5 Å².